The zero-order valence-corrected chi connectivity index (χ0v) is 13.2. The average molecular weight is 307 g/mol. The Bertz CT molecular complexity index is 359. The standard InChI is InChI=1S/C13H20Cl2N2S/c1-17(2)8-3-6-16-7-9-18-13-10-11(14)4-5-12(13)15/h4-5,10,16H,3,6-9H2,1-2H3. The van der Waals surface area contributed by atoms with Crippen molar-refractivity contribution in [3.8, 4) is 0 Å². The Balaban J connectivity index is 2.12. The summed E-state index contributed by atoms with van der Waals surface area (Å²) in [4.78, 5) is 3.25. The van der Waals surface area contributed by atoms with Crippen LogP contribution in [-0.2, 0) is 0 Å². The number of halogens is 2. The number of hydrogen-bond donors (Lipinski definition) is 1. The van der Waals surface area contributed by atoms with Crippen LogP contribution in [0.25, 0.3) is 0 Å². The van der Waals surface area contributed by atoms with Gasteiger partial charge in [-0.2, -0.15) is 0 Å². The molecule has 2 nitrogen and oxygen atoms in total. The SMILES string of the molecule is CN(C)CCCNCCSc1cc(Cl)ccc1Cl. The summed E-state index contributed by atoms with van der Waals surface area (Å²) >= 11 is 13.8. The molecule has 18 heavy (non-hydrogen) atoms. The third-order valence-corrected chi connectivity index (χ3v) is 4.12. The summed E-state index contributed by atoms with van der Waals surface area (Å²) < 4.78 is 0. The van der Waals surface area contributed by atoms with E-state index in [1.165, 1.54) is 6.42 Å². The van der Waals surface area contributed by atoms with Gasteiger partial charge in [0.25, 0.3) is 0 Å². The van der Waals surface area contributed by atoms with Crippen LogP contribution in [0.5, 0.6) is 0 Å². The van der Waals surface area contributed by atoms with Gasteiger partial charge < -0.3 is 10.2 Å². The van der Waals surface area contributed by atoms with Gasteiger partial charge in [-0.05, 0) is 51.8 Å². The van der Waals surface area contributed by atoms with Crippen LogP contribution >= 0.6 is 35.0 Å². The lowest BCUT2D eigenvalue weighted by molar-refractivity contribution is 0.396. The van der Waals surface area contributed by atoms with Crippen molar-refractivity contribution in [1.29, 1.82) is 0 Å². The normalized spacial score (nSPS) is 11.2. The first-order valence-electron chi connectivity index (χ1n) is 6.03. The molecule has 0 saturated carbocycles. The summed E-state index contributed by atoms with van der Waals surface area (Å²) in [6.45, 7) is 3.17. The van der Waals surface area contributed by atoms with Crippen LogP contribution in [0.1, 0.15) is 6.42 Å². The van der Waals surface area contributed by atoms with Crippen molar-refractivity contribution in [3.63, 3.8) is 0 Å². The average Bonchev–Trinajstić information content (AvgIpc) is 2.32. The molecular weight excluding hydrogens is 287 g/mol. The molecule has 0 radical (unpaired) electrons. The van der Waals surface area contributed by atoms with Crippen LogP contribution in [0.2, 0.25) is 10.0 Å². The van der Waals surface area contributed by atoms with Gasteiger partial charge in [0.15, 0.2) is 0 Å². The van der Waals surface area contributed by atoms with Crippen molar-refractivity contribution >= 4 is 35.0 Å². The van der Waals surface area contributed by atoms with Crippen LogP contribution in [0.15, 0.2) is 23.1 Å². The van der Waals surface area contributed by atoms with Crippen molar-refractivity contribution in [3.05, 3.63) is 28.2 Å². The topological polar surface area (TPSA) is 15.3 Å². The van der Waals surface area contributed by atoms with Gasteiger partial charge in [-0.3, -0.25) is 0 Å². The first-order chi connectivity index (χ1) is 8.59. The van der Waals surface area contributed by atoms with E-state index in [-0.39, 0.29) is 0 Å². The van der Waals surface area contributed by atoms with Crippen LogP contribution in [0.3, 0.4) is 0 Å². The second-order valence-electron chi connectivity index (χ2n) is 4.33. The fourth-order valence-corrected chi connectivity index (χ4v) is 2.87. The van der Waals surface area contributed by atoms with Crippen molar-refractivity contribution in [2.45, 2.75) is 11.3 Å². The second-order valence-corrected chi connectivity index (χ2v) is 6.31. The van der Waals surface area contributed by atoms with E-state index in [4.69, 9.17) is 23.2 Å². The third kappa shape index (κ3) is 6.86. The van der Waals surface area contributed by atoms with E-state index in [9.17, 15) is 0 Å². The van der Waals surface area contributed by atoms with Crippen molar-refractivity contribution in [1.82, 2.24) is 10.2 Å². The Morgan fingerprint density at radius 1 is 1.22 bits per heavy atom. The lowest BCUT2D eigenvalue weighted by Crippen LogP contribution is -2.23. The Labute approximate surface area is 124 Å². The van der Waals surface area contributed by atoms with E-state index in [0.717, 1.165) is 40.3 Å². The molecule has 1 rings (SSSR count). The molecule has 0 amide bonds. The zero-order chi connectivity index (χ0) is 13.4. The first kappa shape index (κ1) is 16.1. The largest absolute Gasteiger partial charge is 0.316 e. The number of rotatable bonds is 8. The zero-order valence-electron chi connectivity index (χ0n) is 10.9. The lowest BCUT2D eigenvalue weighted by Gasteiger charge is -2.10. The highest BCUT2D eigenvalue weighted by molar-refractivity contribution is 7.99. The number of nitrogens with one attached hydrogen (secondary N) is 1. The summed E-state index contributed by atoms with van der Waals surface area (Å²) in [5.41, 5.74) is 0. The molecule has 0 saturated heterocycles. The van der Waals surface area contributed by atoms with Crippen molar-refractivity contribution in [2.24, 2.45) is 0 Å². The fourth-order valence-electron chi connectivity index (χ4n) is 1.47. The molecule has 0 bridgehead atoms. The van der Waals surface area contributed by atoms with Crippen LogP contribution < -0.4 is 5.32 Å². The molecule has 0 aliphatic heterocycles. The molecule has 0 spiro atoms. The van der Waals surface area contributed by atoms with E-state index in [1.807, 2.05) is 18.2 Å². The maximum atomic E-state index is 6.09. The Morgan fingerprint density at radius 2 is 2.00 bits per heavy atom. The highest BCUT2D eigenvalue weighted by Crippen LogP contribution is 2.29. The highest BCUT2D eigenvalue weighted by atomic mass is 35.5. The van der Waals surface area contributed by atoms with E-state index >= 15 is 0 Å². The van der Waals surface area contributed by atoms with Crippen molar-refractivity contribution in [2.75, 3.05) is 39.5 Å². The highest BCUT2D eigenvalue weighted by Gasteiger charge is 2.01. The minimum Gasteiger partial charge on any atom is -0.316 e. The molecule has 0 aliphatic carbocycles. The van der Waals surface area contributed by atoms with Gasteiger partial charge in [0.2, 0.25) is 0 Å². The van der Waals surface area contributed by atoms with Crippen LogP contribution in [-0.4, -0.2) is 44.4 Å². The summed E-state index contributed by atoms with van der Waals surface area (Å²) in [5, 5.41) is 4.93. The van der Waals surface area contributed by atoms with E-state index in [1.54, 1.807) is 11.8 Å². The summed E-state index contributed by atoms with van der Waals surface area (Å²) in [6.07, 6.45) is 1.18. The molecule has 0 heterocycles. The molecule has 0 aromatic heterocycles. The Morgan fingerprint density at radius 3 is 2.72 bits per heavy atom. The fraction of sp³-hybridized carbons (Fsp3) is 0.538. The third-order valence-electron chi connectivity index (χ3n) is 2.39. The van der Waals surface area contributed by atoms with Gasteiger partial charge >= 0.3 is 0 Å². The van der Waals surface area contributed by atoms with E-state index in [2.05, 4.69) is 24.3 Å². The summed E-state index contributed by atoms with van der Waals surface area (Å²) in [7, 11) is 4.19. The predicted octanol–water partition coefficient (Wildman–Crippen LogP) is 3.63. The molecule has 1 aromatic rings. The van der Waals surface area contributed by atoms with Gasteiger partial charge in [0.05, 0.1) is 5.02 Å². The van der Waals surface area contributed by atoms with Gasteiger partial charge in [-0.25, -0.2) is 0 Å². The number of benzene rings is 1. The smallest absolute Gasteiger partial charge is 0.0542 e. The second kappa shape index (κ2) is 9.05. The van der Waals surface area contributed by atoms with Gasteiger partial charge in [-0.1, -0.05) is 23.2 Å². The minimum absolute atomic E-state index is 0.737. The van der Waals surface area contributed by atoms with Gasteiger partial charge in [0, 0.05) is 22.2 Å². The van der Waals surface area contributed by atoms with Crippen molar-refractivity contribution < 1.29 is 0 Å². The van der Waals surface area contributed by atoms with E-state index < -0.39 is 0 Å². The quantitative estimate of drug-likeness (QED) is 0.583. The van der Waals surface area contributed by atoms with Crippen LogP contribution in [0, 0.1) is 0 Å². The number of nitrogens with zero attached hydrogens (tertiary/aromatic N) is 1. The number of thioether (sulfide) groups is 1. The molecule has 0 fully saturated rings. The van der Waals surface area contributed by atoms with Gasteiger partial charge in [0.1, 0.15) is 0 Å². The Hall–Kier alpha value is 0.0700. The molecule has 5 heteroatoms. The van der Waals surface area contributed by atoms with Gasteiger partial charge in [-0.15, -0.1) is 11.8 Å². The molecule has 0 aliphatic rings. The van der Waals surface area contributed by atoms with E-state index in [0.29, 0.717) is 0 Å². The monoisotopic (exact) mass is 306 g/mol. The minimum atomic E-state index is 0.737. The maximum Gasteiger partial charge on any atom is 0.0542 e. The molecule has 1 aromatic carbocycles. The molecule has 0 unspecified atom stereocenters. The molecule has 1 N–H and O–H groups in total. The summed E-state index contributed by atoms with van der Waals surface area (Å²) in [5.74, 6) is 1.00. The first-order valence-corrected chi connectivity index (χ1v) is 7.77. The molecule has 102 valence electrons. The lowest BCUT2D eigenvalue weighted by atomic mass is 10.4. The molecular formula is C13H20Cl2N2S. The predicted molar refractivity (Wildman–Crippen MR) is 83.2 cm³/mol. The van der Waals surface area contributed by atoms with Crippen LogP contribution in [0.4, 0.5) is 0 Å². The number of hydrogen-bond acceptors (Lipinski definition) is 3. The summed E-state index contributed by atoms with van der Waals surface area (Å²) in [6, 6.07) is 5.57. The maximum absolute atomic E-state index is 6.09. The Kier molecular flexibility index (Phi) is 8.11. The molecule has 0 atom stereocenters.